The van der Waals surface area contributed by atoms with Gasteiger partial charge in [-0.25, -0.2) is 0 Å². The molecule has 1 rings (SSSR count). The Labute approximate surface area is 87.9 Å². The molecule has 5 nitrogen and oxygen atoms in total. The largest absolute Gasteiger partial charge is 0.363 e. The van der Waals surface area contributed by atoms with Crippen molar-refractivity contribution in [2.24, 2.45) is 0 Å². The summed E-state index contributed by atoms with van der Waals surface area (Å²) < 4.78 is 29.0. The first-order valence-electron chi connectivity index (χ1n) is 4.29. The second-order valence-corrected chi connectivity index (χ2v) is 4.25. The Morgan fingerprint density at radius 3 is 2.40 bits per heavy atom. The molecule has 0 aliphatic heterocycles. The molecule has 0 aliphatic carbocycles. The number of nitrogens with one attached hydrogen (secondary N) is 1. The van der Waals surface area contributed by atoms with E-state index in [1.807, 2.05) is 30.3 Å². The van der Waals surface area contributed by atoms with Gasteiger partial charge in [0.1, 0.15) is 0 Å². The number of amides is 1. The molecule has 0 atom stereocenters. The van der Waals surface area contributed by atoms with E-state index in [-0.39, 0.29) is 6.54 Å². The van der Waals surface area contributed by atoms with Crippen LogP contribution in [0.2, 0.25) is 0 Å². The first-order chi connectivity index (χ1) is 7.00. The maximum absolute atomic E-state index is 10.7. The number of hydrogen-bond donors (Lipinski definition) is 2. The van der Waals surface area contributed by atoms with Crippen molar-refractivity contribution in [1.29, 1.82) is 0 Å². The molecule has 0 saturated carbocycles. The van der Waals surface area contributed by atoms with Gasteiger partial charge in [-0.15, -0.1) is 0 Å². The van der Waals surface area contributed by atoms with Crippen LogP contribution in [0.1, 0.15) is 5.56 Å². The molecule has 1 aromatic carbocycles. The van der Waals surface area contributed by atoms with E-state index in [1.54, 1.807) is 0 Å². The maximum Gasteiger partial charge on any atom is 0.363 e. The average molecular weight is 229 g/mol. The maximum atomic E-state index is 10.7. The van der Waals surface area contributed by atoms with E-state index in [1.165, 1.54) is 0 Å². The lowest BCUT2D eigenvalue weighted by atomic mass is 10.2. The predicted molar refractivity (Wildman–Crippen MR) is 55.1 cm³/mol. The molecule has 0 unspecified atom stereocenters. The molecule has 1 amide bonds. The zero-order chi connectivity index (χ0) is 11.3. The van der Waals surface area contributed by atoms with Gasteiger partial charge in [-0.3, -0.25) is 9.35 Å². The lowest BCUT2D eigenvalue weighted by Gasteiger charge is -2.02. The lowest BCUT2D eigenvalue weighted by molar-refractivity contribution is 0.256. The number of hydrogen-bond acceptors (Lipinski definition) is 3. The van der Waals surface area contributed by atoms with Crippen molar-refractivity contribution >= 4 is 15.4 Å². The number of carbonyl (C=O) groups is 1. The summed E-state index contributed by atoms with van der Waals surface area (Å²) in [4.78, 5) is 10.7. The summed E-state index contributed by atoms with van der Waals surface area (Å²) in [5.74, 6) is 0. The molecule has 0 aliphatic rings. The van der Waals surface area contributed by atoms with Crippen LogP contribution in [0.15, 0.2) is 30.3 Å². The van der Waals surface area contributed by atoms with Crippen molar-refractivity contribution in [1.82, 2.24) is 5.32 Å². The van der Waals surface area contributed by atoms with Crippen LogP contribution in [0, 0.1) is 0 Å². The van der Waals surface area contributed by atoms with Gasteiger partial charge in [0, 0.05) is 6.54 Å². The molecular formula is C9H11NO4S. The highest BCUT2D eigenvalue weighted by molar-refractivity contribution is 8.01. The summed E-state index contributed by atoms with van der Waals surface area (Å²) in [7, 11) is -4.61. The summed E-state index contributed by atoms with van der Waals surface area (Å²) in [5, 5.41) is 0.732. The van der Waals surface area contributed by atoms with Crippen molar-refractivity contribution < 1.29 is 17.8 Å². The Balaban J connectivity index is 2.38. The van der Waals surface area contributed by atoms with Crippen molar-refractivity contribution in [3.8, 4) is 0 Å². The van der Waals surface area contributed by atoms with Gasteiger partial charge in [0.2, 0.25) is 0 Å². The summed E-state index contributed by atoms with van der Waals surface area (Å²) in [6, 6.07) is 9.28. The monoisotopic (exact) mass is 229 g/mol. The van der Waals surface area contributed by atoms with Crippen LogP contribution in [0.5, 0.6) is 0 Å². The van der Waals surface area contributed by atoms with Crippen molar-refractivity contribution in [3.05, 3.63) is 35.9 Å². The summed E-state index contributed by atoms with van der Waals surface area (Å²) in [6.07, 6.45) is 0.516. The molecule has 0 heterocycles. The molecule has 2 N–H and O–H groups in total. The fourth-order valence-electron chi connectivity index (χ4n) is 1.04. The molecule has 0 fully saturated rings. The Hall–Kier alpha value is -1.40. The highest BCUT2D eigenvalue weighted by Gasteiger charge is 2.16. The van der Waals surface area contributed by atoms with E-state index in [0.717, 1.165) is 5.56 Å². The molecular weight excluding hydrogens is 218 g/mol. The summed E-state index contributed by atoms with van der Waals surface area (Å²) in [6.45, 7) is 0.169. The Morgan fingerprint density at radius 1 is 1.27 bits per heavy atom. The van der Waals surface area contributed by atoms with Gasteiger partial charge in [-0.1, -0.05) is 30.3 Å². The molecule has 0 aromatic heterocycles. The predicted octanol–water partition coefficient (Wildman–Crippen LogP) is 0.827. The van der Waals surface area contributed by atoms with Gasteiger partial charge in [0.25, 0.3) is 0 Å². The average Bonchev–Trinajstić information content (AvgIpc) is 2.18. The third kappa shape index (κ3) is 4.09. The minimum absolute atomic E-state index is 0.169. The number of carbonyl (C=O) groups excluding carboxylic acids is 1. The van der Waals surface area contributed by atoms with Gasteiger partial charge in [-0.05, 0) is 12.0 Å². The third-order valence-corrected chi connectivity index (χ3v) is 2.37. The molecule has 82 valence electrons. The van der Waals surface area contributed by atoms with Crippen molar-refractivity contribution in [2.75, 3.05) is 6.54 Å². The van der Waals surface area contributed by atoms with E-state index in [4.69, 9.17) is 4.55 Å². The Bertz CT molecular complexity index is 427. The smallest absolute Gasteiger partial charge is 0.340 e. The van der Waals surface area contributed by atoms with Crippen molar-refractivity contribution in [3.63, 3.8) is 0 Å². The van der Waals surface area contributed by atoms with Crippen LogP contribution >= 0.6 is 0 Å². The SMILES string of the molecule is O=C(NCCc1ccccc1)S(=O)(=O)O. The van der Waals surface area contributed by atoms with Crippen LogP contribution < -0.4 is 5.32 Å². The fourth-order valence-corrected chi connectivity index (χ4v) is 1.33. The van der Waals surface area contributed by atoms with Crippen LogP contribution in [0.25, 0.3) is 0 Å². The zero-order valence-electron chi connectivity index (χ0n) is 7.88. The number of benzene rings is 1. The van der Waals surface area contributed by atoms with E-state index >= 15 is 0 Å². The first-order valence-corrected chi connectivity index (χ1v) is 5.73. The molecule has 6 heteroatoms. The minimum Gasteiger partial charge on any atom is -0.340 e. The van der Waals surface area contributed by atoms with Crippen LogP contribution in [-0.2, 0) is 16.5 Å². The Morgan fingerprint density at radius 2 is 1.87 bits per heavy atom. The van der Waals surface area contributed by atoms with Gasteiger partial charge >= 0.3 is 15.4 Å². The fraction of sp³-hybridized carbons (Fsp3) is 0.222. The van der Waals surface area contributed by atoms with E-state index in [0.29, 0.717) is 6.42 Å². The molecule has 0 spiro atoms. The quantitative estimate of drug-likeness (QED) is 0.752. The third-order valence-electron chi connectivity index (χ3n) is 1.76. The number of rotatable bonds is 3. The highest BCUT2D eigenvalue weighted by atomic mass is 32.2. The zero-order valence-corrected chi connectivity index (χ0v) is 8.70. The van der Waals surface area contributed by atoms with Crippen LogP contribution in [-0.4, -0.2) is 24.8 Å². The summed E-state index contributed by atoms with van der Waals surface area (Å²) >= 11 is 0. The van der Waals surface area contributed by atoms with E-state index in [2.05, 4.69) is 5.32 Å². The van der Waals surface area contributed by atoms with Gasteiger partial charge in [-0.2, -0.15) is 8.42 Å². The van der Waals surface area contributed by atoms with E-state index < -0.39 is 15.4 Å². The highest BCUT2D eigenvalue weighted by Crippen LogP contribution is 1.98. The molecule has 0 saturated heterocycles. The van der Waals surface area contributed by atoms with Crippen LogP contribution in [0.3, 0.4) is 0 Å². The van der Waals surface area contributed by atoms with Crippen molar-refractivity contribution in [2.45, 2.75) is 6.42 Å². The Kier molecular flexibility index (Phi) is 3.81. The van der Waals surface area contributed by atoms with Gasteiger partial charge in [0.05, 0.1) is 0 Å². The normalized spacial score (nSPS) is 11.0. The van der Waals surface area contributed by atoms with Crippen LogP contribution in [0.4, 0.5) is 4.79 Å². The van der Waals surface area contributed by atoms with E-state index in [9.17, 15) is 13.2 Å². The van der Waals surface area contributed by atoms with Gasteiger partial charge in [0.15, 0.2) is 0 Å². The standard InChI is InChI=1S/C9H11NO4S/c11-9(15(12,13)14)10-7-6-8-4-2-1-3-5-8/h1-5H,6-7H2,(H,10,11)(H,12,13,14). The molecule has 1 aromatic rings. The molecule has 15 heavy (non-hydrogen) atoms. The van der Waals surface area contributed by atoms with Gasteiger partial charge < -0.3 is 5.32 Å². The molecule has 0 bridgehead atoms. The second kappa shape index (κ2) is 4.90. The second-order valence-electron chi connectivity index (χ2n) is 2.92. The minimum atomic E-state index is -4.61. The molecule has 0 radical (unpaired) electrons. The summed E-state index contributed by atoms with van der Waals surface area (Å²) in [5.41, 5.74) is 0.980. The lowest BCUT2D eigenvalue weighted by Crippen LogP contribution is -2.30. The topological polar surface area (TPSA) is 83.5 Å². The first kappa shape index (κ1) is 11.7.